The molecule has 2 aliphatic carbocycles. The Kier molecular flexibility index (Phi) is 5.42. The minimum atomic E-state index is -4.09. The van der Waals surface area contributed by atoms with E-state index in [0.29, 0.717) is 36.7 Å². The van der Waals surface area contributed by atoms with Crippen LogP contribution in [0.3, 0.4) is 0 Å². The van der Waals surface area contributed by atoms with Crippen molar-refractivity contribution in [3.05, 3.63) is 29.7 Å². The predicted molar refractivity (Wildman–Crippen MR) is 124 cm³/mol. The SMILES string of the molecule is Cc1nsc(N2CC3CCC(C2)C3Nc2nc3c(C4CCC(C(F)(F)F)CC4)cccn3n2)n1. The molecule has 4 heterocycles. The lowest BCUT2D eigenvalue weighted by Crippen LogP contribution is -2.48. The molecule has 3 aromatic rings. The van der Waals surface area contributed by atoms with Crippen molar-refractivity contribution < 1.29 is 13.2 Å². The van der Waals surface area contributed by atoms with Crippen LogP contribution in [0.2, 0.25) is 0 Å². The summed E-state index contributed by atoms with van der Waals surface area (Å²) in [5, 5.41) is 9.29. The topological polar surface area (TPSA) is 71.2 Å². The van der Waals surface area contributed by atoms with Crippen LogP contribution in [0, 0.1) is 24.7 Å². The Balaban J connectivity index is 1.17. The molecule has 1 aliphatic heterocycles. The fraction of sp³-hybridized carbons (Fsp3) is 0.652. The summed E-state index contributed by atoms with van der Waals surface area (Å²) in [6.07, 6.45) is 1.55. The van der Waals surface area contributed by atoms with E-state index in [1.54, 1.807) is 4.52 Å². The van der Waals surface area contributed by atoms with Crippen molar-refractivity contribution >= 4 is 28.3 Å². The lowest BCUT2D eigenvalue weighted by atomic mass is 9.78. The second kappa shape index (κ2) is 8.35. The maximum Gasteiger partial charge on any atom is 0.391 e. The number of hydrogen-bond acceptors (Lipinski definition) is 7. The van der Waals surface area contributed by atoms with E-state index < -0.39 is 12.1 Å². The number of hydrogen-bond donors (Lipinski definition) is 1. The molecule has 11 heteroatoms. The zero-order chi connectivity index (χ0) is 23.4. The molecule has 2 atom stereocenters. The van der Waals surface area contributed by atoms with Crippen LogP contribution in [-0.4, -0.2) is 49.3 Å². The summed E-state index contributed by atoms with van der Waals surface area (Å²) in [5.74, 6) is 1.33. The number of anilines is 2. The third-order valence-electron chi connectivity index (χ3n) is 7.94. The van der Waals surface area contributed by atoms with Crippen molar-refractivity contribution in [1.82, 2.24) is 24.0 Å². The fourth-order valence-electron chi connectivity index (χ4n) is 6.22. The molecule has 1 saturated heterocycles. The van der Waals surface area contributed by atoms with E-state index in [4.69, 9.17) is 4.98 Å². The van der Waals surface area contributed by atoms with Crippen molar-refractivity contribution in [2.24, 2.45) is 17.8 Å². The molecule has 6 rings (SSSR count). The lowest BCUT2D eigenvalue weighted by Gasteiger charge is -2.37. The van der Waals surface area contributed by atoms with Gasteiger partial charge in [0.2, 0.25) is 11.1 Å². The zero-order valence-corrected chi connectivity index (χ0v) is 19.8. The Hall–Kier alpha value is -2.43. The molecule has 0 spiro atoms. The second-order valence-corrected chi connectivity index (χ2v) is 10.8. The first-order valence-electron chi connectivity index (χ1n) is 12.1. The van der Waals surface area contributed by atoms with Gasteiger partial charge >= 0.3 is 6.18 Å². The molecule has 3 aliphatic rings. The minimum absolute atomic E-state index is 0.0918. The Labute approximate surface area is 199 Å². The number of nitrogens with zero attached hydrogens (tertiary/aromatic N) is 6. The highest BCUT2D eigenvalue weighted by molar-refractivity contribution is 7.09. The normalized spacial score (nSPS) is 29.6. The first-order valence-corrected chi connectivity index (χ1v) is 12.9. The summed E-state index contributed by atoms with van der Waals surface area (Å²) in [4.78, 5) is 11.7. The predicted octanol–water partition coefficient (Wildman–Crippen LogP) is 5.05. The average molecular weight is 492 g/mol. The van der Waals surface area contributed by atoms with Crippen molar-refractivity contribution in [3.63, 3.8) is 0 Å². The van der Waals surface area contributed by atoms with Gasteiger partial charge in [0, 0.05) is 42.4 Å². The molecule has 34 heavy (non-hydrogen) atoms. The largest absolute Gasteiger partial charge is 0.391 e. The number of aryl methyl sites for hydroxylation is 1. The van der Waals surface area contributed by atoms with E-state index in [1.165, 1.54) is 11.5 Å². The molecule has 7 nitrogen and oxygen atoms in total. The van der Waals surface area contributed by atoms with Gasteiger partial charge in [0.25, 0.3) is 0 Å². The van der Waals surface area contributed by atoms with E-state index in [9.17, 15) is 13.2 Å². The molecular formula is C23H28F3N7S. The summed E-state index contributed by atoms with van der Waals surface area (Å²) in [6, 6.07) is 4.23. The van der Waals surface area contributed by atoms with Crippen LogP contribution in [0.4, 0.5) is 24.3 Å². The molecule has 1 N–H and O–H groups in total. The number of piperidine rings is 1. The molecular weight excluding hydrogens is 463 g/mol. The summed E-state index contributed by atoms with van der Waals surface area (Å²) >= 11 is 1.47. The van der Waals surface area contributed by atoms with E-state index in [1.807, 2.05) is 25.3 Å². The minimum Gasteiger partial charge on any atom is -0.349 e. The van der Waals surface area contributed by atoms with Gasteiger partial charge in [-0.2, -0.15) is 22.5 Å². The van der Waals surface area contributed by atoms with Crippen molar-refractivity contribution in [2.75, 3.05) is 23.3 Å². The number of fused-ring (bicyclic) bond motifs is 3. The highest BCUT2D eigenvalue weighted by Crippen LogP contribution is 2.44. The van der Waals surface area contributed by atoms with Crippen LogP contribution in [0.15, 0.2) is 18.3 Å². The second-order valence-electron chi connectivity index (χ2n) is 10.1. The Bertz CT molecular complexity index is 1150. The number of aromatic nitrogens is 5. The smallest absolute Gasteiger partial charge is 0.349 e. The molecule has 2 unspecified atom stereocenters. The molecule has 0 aromatic carbocycles. The van der Waals surface area contributed by atoms with E-state index >= 15 is 0 Å². The number of pyridine rings is 1. The molecule has 2 saturated carbocycles. The first-order chi connectivity index (χ1) is 16.3. The number of nitrogens with one attached hydrogen (secondary N) is 1. The van der Waals surface area contributed by atoms with Gasteiger partial charge < -0.3 is 10.2 Å². The van der Waals surface area contributed by atoms with Gasteiger partial charge in [0.1, 0.15) is 5.82 Å². The van der Waals surface area contributed by atoms with Crippen LogP contribution in [0.1, 0.15) is 55.8 Å². The highest BCUT2D eigenvalue weighted by atomic mass is 32.1. The number of alkyl halides is 3. The van der Waals surface area contributed by atoms with Gasteiger partial charge in [-0.1, -0.05) is 6.07 Å². The van der Waals surface area contributed by atoms with Gasteiger partial charge in [0.05, 0.1) is 5.92 Å². The fourth-order valence-corrected chi connectivity index (χ4v) is 6.91. The van der Waals surface area contributed by atoms with Gasteiger partial charge in [-0.3, -0.25) is 0 Å². The van der Waals surface area contributed by atoms with Crippen molar-refractivity contribution in [2.45, 2.75) is 63.6 Å². The quantitative estimate of drug-likeness (QED) is 0.551. The molecule has 182 valence electrons. The third kappa shape index (κ3) is 4.01. The highest BCUT2D eigenvalue weighted by Gasteiger charge is 2.44. The number of halogens is 3. The van der Waals surface area contributed by atoms with Crippen LogP contribution in [-0.2, 0) is 0 Å². The molecule has 3 fully saturated rings. The Morgan fingerprint density at radius 3 is 2.41 bits per heavy atom. The first kappa shape index (κ1) is 22.1. The summed E-state index contributed by atoms with van der Waals surface area (Å²) in [5.41, 5.74) is 1.77. The lowest BCUT2D eigenvalue weighted by molar-refractivity contribution is -0.182. The molecule has 2 bridgehead atoms. The van der Waals surface area contributed by atoms with Crippen LogP contribution in [0.25, 0.3) is 5.65 Å². The van der Waals surface area contributed by atoms with Gasteiger partial charge in [-0.15, -0.1) is 5.10 Å². The van der Waals surface area contributed by atoms with Crippen molar-refractivity contribution in [3.8, 4) is 0 Å². The molecule has 0 radical (unpaired) electrons. The van der Waals surface area contributed by atoms with Crippen LogP contribution < -0.4 is 10.2 Å². The standard InChI is InChI=1S/C23H28F3N7S/c1-13-27-22(34-31-13)32-11-15-4-5-16(12-32)19(15)28-21-29-20-18(3-2-10-33(20)30-21)14-6-8-17(9-7-14)23(24,25)26/h2-3,10,14-17,19H,4-9,11-12H2,1H3,(H,28,30). The van der Waals surface area contributed by atoms with Crippen molar-refractivity contribution in [1.29, 1.82) is 0 Å². The monoisotopic (exact) mass is 491 g/mol. The molecule has 3 aromatic heterocycles. The summed E-state index contributed by atoms with van der Waals surface area (Å²) in [6.45, 7) is 3.82. The van der Waals surface area contributed by atoms with Gasteiger partial charge in [-0.25, -0.2) is 9.50 Å². The zero-order valence-electron chi connectivity index (χ0n) is 19.0. The summed E-state index contributed by atoms with van der Waals surface area (Å²) in [7, 11) is 0. The van der Waals surface area contributed by atoms with E-state index in [0.717, 1.165) is 48.1 Å². The van der Waals surface area contributed by atoms with Gasteiger partial charge in [-0.05, 0) is 69.3 Å². The third-order valence-corrected chi connectivity index (χ3v) is 8.81. The van der Waals surface area contributed by atoms with Crippen LogP contribution >= 0.6 is 11.5 Å². The average Bonchev–Trinajstić information content (AvgIpc) is 3.48. The molecule has 0 amide bonds. The number of rotatable bonds is 4. The van der Waals surface area contributed by atoms with Gasteiger partial charge in [0.15, 0.2) is 5.65 Å². The maximum absolute atomic E-state index is 13.1. The Morgan fingerprint density at radius 2 is 1.76 bits per heavy atom. The van der Waals surface area contributed by atoms with E-state index in [2.05, 4.69) is 24.7 Å². The van der Waals surface area contributed by atoms with E-state index in [-0.39, 0.29) is 18.8 Å². The maximum atomic E-state index is 13.1. The summed E-state index contributed by atoms with van der Waals surface area (Å²) < 4.78 is 45.4. The van der Waals surface area contributed by atoms with Crippen LogP contribution in [0.5, 0.6) is 0 Å². The Morgan fingerprint density at radius 1 is 1.03 bits per heavy atom.